The lowest BCUT2D eigenvalue weighted by Gasteiger charge is -2.09. The van der Waals surface area contributed by atoms with Gasteiger partial charge >= 0.3 is 0 Å². The summed E-state index contributed by atoms with van der Waals surface area (Å²) in [4.78, 5) is 0. The van der Waals surface area contributed by atoms with Crippen LogP contribution in [0.5, 0.6) is 5.75 Å². The lowest BCUT2D eigenvalue weighted by molar-refractivity contribution is 0.0644. The number of methoxy groups -OCH3 is 1. The van der Waals surface area contributed by atoms with E-state index in [9.17, 15) is 0 Å². The van der Waals surface area contributed by atoms with Crippen LogP contribution < -0.4 is 10.5 Å². The van der Waals surface area contributed by atoms with E-state index in [-0.39, 0.29) is 6.04 Å². The molecule has 2 N–H and O–H groups in total. The van der Waals surface area contributed by atoms with Crippen LogP contribution in [0.25, 0.3) is 0 Å². The highest BCUT2D eigenvalue weighted by molar-refractivity contribution is 5.27. The lowest BCUT2D eigenvalue weighted by atomic mass is 10.1. The minimum absolute atomic E-state index is 0.191. The number of ether oxygens (including phenoxy) is 3. The van der Waals surface area contributed by atoms with E-state index in [4.69, 9.17) is 19.9 Å². The molecule has 1 unspecified atom stereocenters. The van der Waals surface area contributed by atoms with Gasteiger partial charge in [-0.2, -0.15) is 0 Å². The van der Waals surface area contributed by atoms with Crippen molar-refractivity contribution in [1.29, 1.82) is 0 Å². The van der Waals surface area contributed by atoms with Crippen LogP contribution in [0.1, 0.15) is 18.9 Å². The molecule has 0 amide bonds. The fourth-order valence-corrected chi connectivity index (χ4v) is 1.69. The first-order valence-corrected chi connectivity index (χ1v) is 6.76. The summed E-state index contributed by atoms with van der Waals surface area (Å²) in [6.45, 7) is 4.66. The first-order chi connectivity index (χ1) is 9.22. The summed E-state index contributed by atoms with van der Waals surface area (Å²) in [6.07, 6.45) is 1.78. The third kappa shape index (κ3) is 7.82. The predicted octanol–water partition coefficient (Wildman–Crippen LogP) is 2.01. The summed E-state index contributed by atoms with van der Waals surface area (Å²) in [5.74, 6) is 0.894. The Labute approximate surface area is 115 Å². The molecule has 0 aliphatic rings. The SMILES string of the molecule is COCCOCCCOc1ccc(CC(C)N)cc1. The fourth-order valence-electron chi connectivity index (χ4n) is 1.69. The highest BCUT2D eigenvalue weighted by Crippen LogP contribution is 2.13. The maximum atomic E-state index is 5.76. The summed E-state index contributed by atoms with van der Waals surface area (Å²) in [5.41, 5.74) is 7.00. The van der Waals surface area contributed by atoms with Crippen molar-refractivity contribution in [1.82, 2.24) is 0 Å². The summed E-state index contributed by atoms with van der Waals surface area (Å²) >= 11 is 0. The second kappa shape index (κ2) is 9.78. The molecule has 108 valence electrons. The Hall–Kier alpha value is -1.10. The van der Waals surface area contributed by atoms with Gasteiger partial charge in [0, 0.05) is 26.2 Å². The van der Waals surface area contributed by atoms with E-state index < -0.39 is 0 Å². The Morgan fingerprint density at radius 1 is 1.05 bits per heavy atom. The van der Waals surface area contributed by atoms with E-state index in [1.165, 1.54) is 5.56 Å². The van der Waals surface area contributed by atoms with Gasteiger partial charge in [0.25, 0.3) is 0 Å². The molecule has 0 aliphatic heterocycles. The summed E-state index contributed by atoms with van der Waals surface area (Å²) in [5, 5.41) is 0. The van der Waals surface area contributed by atoms with Crippen molar-refractivity contribution in [3.8, 4) is 5.75 Å². The molecule has 1 aromatic rings. The Morgan fingerprint density at radius 2 is 1.79 bits per heavy atom. The smallest absolute Gasteiger partial charge is 0.119 e. The zero-order valence-electron chi connectivity index (χ0n) is 11.9. The first kappa shape index (κ1) is 16.0. The number of benzene rings is 1. The summed E-state index contributed by atoms with van der Waals surface area (Å²) in [7, 11) is 1.67. The van der Waals surface area contributed by atoms with Gasteiger partial charge in [0.05, 0.1) is 19.8 Å². The molecule has 0 fully saturated rings. The molecule has 0 saturated heterocycles. The molecule has 0 heterocycles. The quantitative estimate of drug-likeness (QED) is 0.659. The van der Waals surface area contributed by atoms with Crippen LogP contribution >= 0.6 is 0 Å². The molecule has 0 spiro atoms. The molecule has 0 saturated carbocycles. The number of hydrogen-bond acceptors (Lipinski definition) is 4. The normalized spacial score (nSPS) is 12.4. The summed E-state index contributed by atoms with van der Waals surface area (Å²) < 4.78 is 15.9. The molecular formula is C15H25NO3. The van der Waals surface area contributed by atoms with Crippen LogP contribution in [0.3, 0.4) is 0 Å². The van der Waals surface area contributed by atoms with E-state index in [2.05, 4.69) is 12.1 Å². The maximum Gasteiger partial charge on any atom is 0.119 e. The number of nitrogens with two attached hydrogens (primary N) is 1. The van der Waals surface area contributed by atoms with E-state index in [1.54, 1.807) is 7.11 Å². The molecule has 1 atom stereocenters. The average molecular weight is 267 g/mol. The third-order valence-electron chi connectivity index (χ3n) is 2.61. The molecular weight excluding hydrogens is 242 g/mol. The molecule has 0 bridgehead atoms. The summed E-state index contributed by atoms with van der Waals surface area (Å²) in [6, 6.07) is 8.30. The lowest BCUT2D eigenvalue weighted by Crippen LogP contribution is -2.17. The molecule has 4 heteroatoms. The van der Waals surface area contributed by atoms with Crippen molar-refractivity contribution in [2.24, 2.45) is 5.73 Å². The average Bonchev–Trinajstić information content (AvgIpc) is 2.39. The van der Waals surface area contributed by atoms with Crippen LogP contribution in [0, 0.1) is 0 Å². The monoisotopic (exact) mass is 267 g/mol. The van der Waals surface area contributed by atoms with Crippen molar-refractivity contribution in [3.63, 3.8) is 0 Å². The topological polar surface area (TPSA) is 53.7 Å². The van der Waals surface area contributed by atoms with Crippen LogP contribution in [0.2, 0.25) is 0 Å². The van der Waals surface area contributed by atoms with Crippen LogP contribution in [-0.2, 0) is 15.9 Å². The van der Waals surface area contributed by atoms with Crippen LogP contribution in [0.15, 0.2) is 24.3 Å². The molecule has 0 radical (unpaired) electrons. The highest BCUT2D eigenvalue weighted by Gasteiger charge is 1.99. The van der Waals surface area contributed by atoms with Crippen molar-refractivity contribution in [3.05, 3.63) is 29.8 Å². The molecule has 1 rings (SSSR count). The molecule has 0 aromatic heterocycles. The van der Waals surface area contributed by atoms with Crippen molar-refractivity contribution < 1.29 is 14.2 Å². The van der Waals surface area contributed by atoms with Gasteiger partial charge in [0.15, 0.2) is 0 Å². The highest BCUT2D eigenvalue weighted by atomic mass is 16.5. The Bertz CT molecular complexity index is 325. The van der Waals surface area contributed by atoms with Crippen molar-refractivity contribution in [2.75, 3.05) is 33.5 Å². The third-order valence-corrected chi connectivity index (χ3v) is 2.61. The van der Waals surface area contributed by atoms with Gasteiger partial charge < -0.3 is 19.9 Å². The molecule has 0 aliphatic carbocycles. The van der Waals surface area contributed by atoms with E-state index >= 15 is 0 Å². The van der Waals surface area contributed by atoms with Crippen LogP contribution in [-0.4, -0.2) is 39.6 Å². The fraction of sp³-hybridized carbons (Fsp3) is 0.600. The number of rotatable bonds is 10. The minimum atomic E-state index is 0.191. The van der Waals surface area contributed by atoms with Crippen molar-refractivity contribution in [2.45, 2.75) is 25.8 Å². The molecule has 1 aromatic carbocycles. The van der Waals surface area contributed by atoms with Gasteiger partial charge in [-0.1, -0.05) is 12.1 Å². The molecule has 19 heavy (non-hydrogen) atoms. The Balaban J connectivity index is 2.12. The van der Waals surface area contributed by atoms with Gasteiger partial charge in [-0.05, 0) is 31.0 Å². The zero-order valence-corrected chi connectivity index (χ0v) is 11.9. The van der Waals surface area contributed by atoms with E-state index in [0.717, 1.165) is 18.6 Å². The van der Waals surface area contributed by atoms with Gasteiger partial charge in [0.2, 0.25) is 0 Å². The van der Waals surface area contributed by atoms with E-state index in [1.807, 2.05) is 19.1 Å². The van der Waals surface area contributed by atoms with Gasteiger partial charge in [-0.25, -0.2) is 0 Å². The van der Waals surface area contributed by atoms with Crippen LogP contribution in [0.4, 0.5) is 0 Å². The predicted molar refractivity (Wildman–Crippen MR) is 76.6 cm³/mol. The van der Waals surface area contributed by atoms with Gasteiger partial charge in [0.1, 0.15) is 5.75 Å². The zero-order chi connectivity index (χ0) is 13.9. The van der Waals surface area contributed by atoms with Crippen molar-refractivity contribution >= 4 is 0 Å². The van der Waals surface area contributed by atoms with Gasteiger partial charge in [-0.3, -0.25) is 0 Å². The maximum absolute atomic E-state index is 5.76. The Morgan fingerprint density at radius 3 is 2.42 bits per heavy atom. The van der Waals surface area contributed by atoms with E-state index in [0.29, 0.717) is 26.4 Å². The second-order valence-electron chi connectivity index (χ2n) is 4.63. The largest absolute Gasteiger partial charge is 0.494 e. The first-order valence-electron chi connectivity index (χ1n) is 6.76. The van der Waals surface area contributed by atoms with Gasteiger partial charge in [-0.15, -0.1) is 0 Å². The standard InChI is InChI=1S/C15H25NO3/c1-13(16)12-14-4-6-15(7-5-14)19-9-3-8-18-11-10-17-2/h4-7,13H,3,8-12,16H2,1-2H3. The number of hydrogen-bond donors (Lipinski definition) is 1. The molecule has 4 nitrogen and oxygen atoms in total. The minimum Gasteiger partial charge on any atom is -0.494 e. The Kier molecular flexibility index (Phi) is 8.21. The second-order valence-corrected chi connectivity index (χ2v) is 4.63.